The molecule has 0 saturated carbocycles. The maximum Gasteiger partial charge on any atom is 0.223 e. The van der Waals surface area contributed by atoms with E-state index in [1.807, 2.05) is 74.6 Å². The minimum Gasteiger partial charge on any atom is -0.369 e. The van der Waals surface area contributed by atoms with Crippen LogP contribution in [0.25, 0.3) is 10.9 Å². The lowest BCUT2D eigenvalue weighted by molar-refractivity contribution is -0.125. The van der Waals surface area contributed by atoms with E-state index in [0.717, 1.165) is 11.1 Å². The van der Waals surface area contributed by atoms with Crippen molar-refractivity contribution >= 4 is 16.8 Å². The van der Waals surface area contributed by atoms with Gasteiger partial charge >= 0.3 is 0 Å². The molecule has 0 fully saturated rings. The number of nitrogens with zero attached hydrogens (tertiary/aromatic N) is 1. The van der Waals surface area contributed by atoms with Crippen molar-refractivity contribution in [3.05, 3.63) is 78.5 Å². The van der Waals surface area contributed by atoms with E-state index in [1.54, 1.807) is 0 Å². The summed E-state index contributed by atoms with van der Waals surface area (Å²) in [7, 11) is 0. The number of hydrogen-bond donors (Lipinski definition) is 1. The van der Waals surface area contributed by atoms with Gasteiger partial charge in [-0.15, -0.1) is 0 Å². The summed E-state index contributed by atoms with van der Waals surface area (Å²) in [6.45, 7) is 3.73. The van der Waals surface area contributed by atoms with E-state index in [4.69, 9.17) is 5.73 Å². The molecule has 2 N–H and O–H groups in total. The third-order valence-corrected chi connectivity index (χ3v) is 3.67. The number of aromatic nitrogens is 1. The van der Waals surface area contributed by atoms with Gasteiger partial charge in [-0.25, -0.2) is 0 Å². The number of nitrogens with two attached hydrogens (primary N) is 1. The van der Waals surface area contributed by atoms with E-state index in [2.05, 4.69) is 17.1 Å². The summed E-state index contributed by atoms with van der Waals surface area (Å²) in [6, 6.07) is 22.0. The fraction of sp³-hybridized carbons (Fsp3) is 0.200. The average molecular weight is 306 g/mol. The number of primary amides is 1. The molecule has 2 aromatic carbocycles. The molecule has 118 valence electrons. The van der Waals surface area contributed by atoms with Gasteiger partial charge in [-0.2, -0.15) is 0 Å². The van der Waals surface area contributed by atoms with Crippen molar-refractivity contribution in [2.45, 2.75) is 20.3 Å². The van der Waals surface area contributed by atoms with E-state index in [9.17, 15) is 4.79 Å². The van der Waals surface area contributed by atoms with Crippen LogP contribution in [0.2, 0.25) is 0 Å². The van der Waals surface area contributed by atoms with Crippen molar-refractivity contribution in [3.63, 3.8) is 0 Å². The first-order valence-corrected chi connectivity index (χ1v) is 7.63. The normalized spacial score (nSPS) is 10.7. The smallest absolute Gasteiger partial charge is 0.223 e. The largest absolute Gasteiger partial charge is 0.369 e. The minimum absolute atomic E-state index is 0.253. The second-order valence-electron chi connectivity index (χ2n) is 6.11. The van der Waals surface area contributed by atoms with Gasteiger partial charge in [0, 0.05) is 17.0 Å². The third kappa shape index (κ3) is 4.92. The number of amides is 1. The summed E-state index contributed by atoms with van der Waals surface area (Å²) < 4.78 is 0. The Labute approximate surface area is 137 Å². The van der Waals surface area contributed by atoms with Crippen molar-refractivity contribution in [3.8, 4) is 0 Å². The highest BCUT2D eigenvalue weighted by Gasteiger charge is 2.24. The third-order valence-electron chi connectivity index (χ3n) is 3.67. The summed E-state index contributed by atoms with van der Waals surface area (Å²) in [4.78, 5) is 15.2. The fourth-order valence-corrected chi connectivity index (χ4v) is 2.21. The van der Waals surface area contributed by atoms with Crippen molar-refractivity contribution in [1.82, 2.24) is 4.98 Å². The van der Waals surface area contributed by atoms with Gasteiger partial charge in [0.2, 0.25) is 5.91 Å². The summed E-state index contributed by atoms with van der Waals surface area (Å²) in [5, 5.41) is 1.20. The van der Waals surface area contributed by atoms with Crippen LogP contribution < -0.4 is 5.73 Å². The molecule has 1 amide bonds. The lowest BCUT2D eigenvalue weighted by atomic mass is 9.85. The summed E-state index contributed by atoms with van der Waals surface area (Å²) in [5.41, 5.74) is 7.03. The predicted molar refractivity (Wildman–Crippen MR) is 94.9 cm³/mol. The summed E-state index contributed by atoms with van der Waals surface area (Å²) in [6.07, 6.45) is 2.51. The van der Waals surface area contributed by atoms with Gasteiger partial charge in [-0.05, 0) is 24.1 Å². The predicted octanol–water partition coefficient (Wildman–Crippen LogP) is 3.98. The van der Waals surface area contributed by atoms with Gasteiger partial charge in [0.25, 0.3) is 0 Å². The van der Waals surface area contributed by atoms with Gasteiger partial charge in [0.15, 0.2) is 0 Å². The first-order valence-electron chi connectivity index (χ1n) is 7.63. The van der Waals surface area contributed by atoms with Crippen LogP contribution in [0, 0.1) is 5.41 Å². The van der Waals surface area contributed by atoms with Crippen molar-refractivity contribution < 1.29 is 4.79 Å². The van der Waals surface area contributed by atoms with Crippen LogP contribution in [0.5, 0.6) is 0 Å². The van der Waals surface area contributed by atoms with E-state index >= 15 is 0 Å². The van der Waals surface area contributed by atoms with Gasteiger partial charge < -0.3 is 5.73 Å². The standard InChI is InChI=1S/C11H15NO.C9H7N/c1-11(2,10(12)13)8-9-6-4-3-5-7-9;1-2-6-9-8(4-1)5-3-7-10-9/h3-7H,8H2,1-2H3,(H2,12,13);1-7H. The number of para-hydroxylation sites is 1. The zero-order valence-electron chi connectivity index (χ0n) is 13.6. The Bertz CT molecular complexity index is 701. The molecule has 0 aliphatic rings. The molecule has 1 heterocycles. The molecular formula is C20H22N2O. The van der Waals surface area contributed by atoms with Crippen LogP contribution in [-0.2, 0) is 11.2 Å². The molecule has 23 heavy (non-hydrogen) atoms. The molecule has 0 spiro atoms. The molecule has 1 aromatic heterocycles. The Hall–Kier alpha value is -2.68. The molecule has 3 heteroatoms. The van der Waals surface area contributed by atoms with Crippen molar-refractivity contribution in [1.29, 1.82) is 0 Å². The second-order valence-corrected chi connectivity index (χ2v) is 6.11. The molecule has 0 saturated heterocycles. The quantitative estimate of drug-likeness (QED) is 0.796. The zero-order valence-corrected chi connectivity index (χ0v) is 13.6. The molecule has 3 nitrogen and oxygen atoms in total. The number of fused-ring (bicyclic) bond motifs is 1. The molecule has 3 aromatic rings. The molecule has 3 rings (SSSR count). The minimum atomic E-state index is -0.457. The Morgan fingerprint density at radius 3 is 2.22 bits per heavy atom. The number of benzene rings is 2. The Morgan fingerprint density at radius 1 is 0.957 bits per heavy atom. The van der Waals surface area contributed by atoms with Gasteiger partial charge in [0.1, 0.15) is 0 Å². The molecular weight excluding hydrogens is 284 g/mol. The monoisotopic (exact) mass is 306 g/mol. The van der Waals surface area contributed by atoms with Crippen molar-refractivity contribution in [2.24, 2.45) is 11.1 Å². The first kappa shape index (κ1) is 16.7. The van der Waals surface area contributed by atoms with Crippen molar-refractivity contribution in [2.75, 3.05) is 0 Å². The number of carbonyl (C=O) groups excluding carboxylic acids is 1. The van der Waals surface area contributed by atoms with Crippen LogP contribution in [0.1, 0.15) is 19.4 Å². The van der Waals surface area contributed by atoms with Crippen LogP contribution in [0.3, 0.4) is 0 Å². The van der Waals surface area contributed by atoms with Gasteiger partial charge in [-0.3, -0.25) is 9.78 Å². The Morgan fingerprint density at radius 2 is 1.57 bits per heavy atom. The molecule has 0 atom stereocenters. The fourth-order valence-electron chi connectivity index (χ4n) is 2.21. The lowest BCUT2D eigenvalue weighted by Gasteiger charge is -2.19. The molecule has 0 unspecified atom stereocenters. The van der Waals surface area contributed by atoms with Gasteiger partial charge in [0.05, 0.1) is 5.52 Å². The van der Waals surface area contributed by atoms with Gasteiger partial charge in [-0.1, -0.05) is 68.4 Å². The lowest BCUT2D eigenvalue weighted by Crippen LogP contribution is -2.33. The molecule has 0 aliphatic carbocycles. The highest BCUT2D eigenvalue weighted by atomic mass is 16.1. The maximum absolute atomic E-state index is 11.0. The van der Waals surface area contributed by atoms with Crippen LogP contribution in [0.15, 0.2) is 72.9 Å². The van der Waals surface area contributed by atoms with Crippen LogP contribution in [-0.4, -0.2) is 10.9 Å². The number of rotatable bonds is 3. The van der Waals surface area contributed by atoms with E-state index in [0.29, 0.717) is 6.42 Å². The van der Waals surface area contributed by atoms with Crippen LogP contribution >= 0.6 is 0 Å². The second kappa shape index (κ2) is 7.54. The van der Waals surface area contributed by atoms with E-state index in [1.165, 1.54) is 5.39 Å². The van der Waals surface area contributed by atoms with E-state index < -0.39 is 5.41 Å². The highest BCUT2D eigenvalue weighted by Crippen LogP contribution is 2.20. The summed E-state index contributed by atoms with van der Waals surface area (Å²) >= 11 is 0. The first-order chi connectivity index (χ1) is 11.0. The highest BCUT2D eigenvalue weighted by molar-refractivity contribution is 5.80. The Kier molecular flexibility index (Phi) is 5.47. The molecule has 0 bridgehead atoms. The maximum atomic E-state index is 11.0. The Balaban J connectivity index is 0.000000172. The number of hydrogen-bond acceptors (Lipinski definition) is 2. The topological polar surface area (TPSA) is 56.0 Å². The SMILES string of the molecule is CC(C)(Cc1ccccc1)C(N)=O.c1ccc2ncccc2c1. The van der Waals surface area contributed by atoms with E-state index in [-0.39, 0.29) is 5.91 Å². The molecule has 0 aliphatic heterocycles. The zero-order chi connectivity index (χ0) is 16.7. The number of pyridine rings is 1. The summed E-state index contributed by atoms with van der Waals surface area (Å²) in [5.74, 6) is -0.253. The molecule has 0 radical (unpaired) electrons. The van der Waals surface area contributed by atoms with Crippen LogP contribution in [0.4, 0.5) is 0 Å². The average Bonchev–Trinajstić information content (AvgIpc) is 2.56. The number of carbonyl (C=O) groups is 1.